The first kappa shape index (κ1) is 16.2. The van der Waals surface area contributed by atoms with Gasteiger partial charge in [-0.3, -0.25) is 4.79 Å². The second-order valence-electron chi connectivity index (χ2n) is 5.03. The van der Waals surface area contributed by atoms with E-state index in [1.807, 2.05) is 6.92 Å². The van der Waals surface area contributed by atoms with Crippen LogP contribution >= 0.6 is 0 Å². The van der Waals surface area contributed by atoms with E-state index in [0.717, 1.165) is 5.56 Å². The van der Waals surface area contributed by atoms with Crippen molar-refractivity contribution in [3.63, 3.8) is 0 Å². The van der Waals surface area contributed by atoms with Crippen LogP contribution in [0.3, 0.4) is 0 Å². The van der Waals surface area contributed by atoms with Crippen LogP contribution in [0.15, 0.2) is 53.4 Å². The van der Waals surface area contributed by atoms with Gasteiger partial charge in [0.15, 0.2) is 0 Å². The highest BCUT2D eigenvalue weighted by atomic mass is 32.2. The Hall–Kier alpha value is -2.18. The second-order valence-corrected chi connectivity index (χ2v) is 6.56. The number of hydrogen-bond donors (Lipinski definition) is 2. The van der Waals surface area contributed by atoms with E-state index in [9.17, 15) is 13.2 Å². The van der Waals surface area contributed by atoms with Crippen molar-refractivity contribution in [1.82, 2.24) is 0 Å². The molecule has 4 N–H and O–H groups in total. The maximum absolute atomic E-state index is 11.7. The molecule has 0 aliphatic rings. The molecule has 2 aromatic rings. The molecule has 0 aliphatic carbocycles. The zero-order valence-corrected chi connectivity index (χ0v) is 13.0. The quantitative estimate of drug-likeness (QED) is 0.880. The van der Waals surface area contributed by atoms with E-state index in [1.165, 1.54) is 6.07 Å². The summed E-state index contributed by atoms with van der Waals surface area (Å²) in [7, 11) is -3.80. The molecule has 6 heteroatoms. The molecule has 0 radical (unpaired) electrons. The molecule has 0 saturated heterocycles. The first-order chi connectivity index (χ1) is 10.3. The van der Waals surface area contributed by atoms with E-state index in [-0.39, 0.29) is 16.7 Å². The minimum atomic E-state index is -3.80. The van der Waals surface area contributed by atoms with Crippen molar-refractivity contribution in [1.29, 1.82) is 0 Å². The van der Waals surface area contributed by atoms with Crippen LogP contribution in [0.25, 0.3) is 11.1 Å². The lowest BCUT2D eigenvalue weighted by molar-refractivity contribution is -0.119. The molecule has 0 aromatic heterocycles. The maximum atomic E-state index is 11.7. The lowest BCUT2D eigenvalue weighted by Gasteiger charge is -2.13. The van der Waals surface area contributed by atoms with Crippen molar-refractivity contribution in [2.45, 2.75) is 24.2 Å². The van der Waals surface area contributed by atoms with Gasteiger partial charge < -0.3 is 5.73 Å². The molecule has 1 atom stereocenters. The Bertz CT molecular complexity index is 783. The van der Waals surface area contributed by atoms with Crippen molar-refractivity contribution in [2.75, 3.05) is 0 Å². The summed E-state index contributed by atoms with van der Waals surface area (Å²) >= 11 is 0. The summed E-state index contributed by atoms with van der Waals surface area (Å²) in [5.41, 5.74) is 7.43. The number of primary amides is 1. The number of benzene rings is 2. The van der Waals surface area contributed by atoms with Gasteiger partial charge in [-0.05, 0) is 23.6 Å². The fourth-order valence-corrected chi connectivity index (χ4v) is 3.21. The van der Waals surface area contributed by atoms with Gasteiger partial charge in [0.05, 0.1) is 10.8 Å². The molecular formula is C16H18N2O3S. The third-order valence-electron chi connectivity index (χ3n) is 3.57. The number of nitrogens with two attached hydrogens (primary N) is 2. The summed E-state index contributed by atoms with van der Waals surface area (Å²) in [5.74, 6) is -0.720. The van der Waals surface area contributed by atoms with E-state index in [4.69, 9.17) is 10.9 Å². The third-order valence-corrected chi connectivity index (χ3v) is 4.54. The van der Waals surface area contributed by atoms with Crippen LogP contribution in [0.4, 0.5) is 0 Å². The van der Waals surface area contributed by atoms with Crippen LogP contribution in [0.5, 0.6) is 0 Å². The summed E-state index contributed by atoms with van der Waals surface area (Å²) in [6.07, 6.45) is 0.614. The van der Waals surface area contributed by atoms with Gasteiger partial charge in [0, 0.05) is 5.56 Å². The van der Waals surface area contributed by atoms with Crippen molar-refractivity contribution >= 4 is 15.9 Å². The number of primary sulfonamides is 1. The Labute approximate surface area is 130 Å². The maximum Gasteiger partial charge on any atom is 0.238 e. The van der Waals surface area contributed by atoms with E-state index in [0.29, 0.717) is 17.5 Å². The summed E-state index contributed by atoms with van der Waals surface area (Å²) in [5, 5.41) is 5.25. The molecule has 2 rings (SSSR count). The summed E-state index contributed by atoms with van der Waals surface area (Å²) < 4.78 is 23.3. The SMILES string of the molecule is CCC(C(N)=O)c1ccc(-c2ccccc2S(N)(=O)=O)cc1. The normalized spacial score (nSPS) is 12.8. The fraction of sp³-hybridized carbons (Fsp3) is 0.188. The van der Waals surface area contributed by atoms with Crippen LogP contribution in [-0.2, 0) is 14.8 Å². The molecule has 1 amide bonds. The molecule has 0 fully saturated rings. The number of sulfonamides is 1. The van der Waals surface area contributed by atoms with Crippen LogP contribution in [0, 0.1) is 0 Å². The molecule has 5 nitrogen and oxygen atoms in total. The molecule has 0 saturated carbocycles. The number of carbonyl (C=O) groups excluding carboxylic acids is 1. The Morgan fingerprint density at radius 3 is 2.18 bits per heavy atom. The molecule has 0 bridgehead atoms. The van der Waals surface area contributed by atoms with Gasteiger partial charge in [-0.2, -0.15) is 0 Å². The topological polar surface area (TPSA) is 103 Å². The number of rotatable bonds is 5. The zero-order valence-electron chi connectivity index (χ0n) is 12.2. The highest BCUT2D eigenvalue weighted by Crippen LogP contribution is 2.28. The van der Waals surface area contributed by atoms with Crippen LogP contribution in [0.1, 0.15) is 24.8 Å². The molecule has 0 heterocycles. The number of amides is 1. The van der Waals surface area contributed by atoms with Gasteiger partial charge in [-0.25, -0.2) is 13.6 Å². The van der Waals surface area contributed by atoms with Crippen molar-refractivity contribution in [3.05, 3.63) is 54.1 Å². The standard InChI is InChI=1S/C16H18N2O3S/c1-2-13(16(17)19)11-7-9-12(10-8-11)14-5-3-4-6-15(14)22(18,20)21/h3-10,13H,2H2,1H3,(H2,17,19)(H2,18,20,21). The van der Waals surface area contributed by atoms with Crippen LogP contribution in [-0.4, -0.2) is 14.3 Å². The molecule has 116 valence electrons. The number of carbonyl (C=O) groups is 1. The highest BCUT2D eigenvalue weighted by molar-refractivity contribution is 7.89. The third kappa shape index (κ3) is 3.35. The minimum absolute atomic E-state index is 0.0738. The molecule has 1 unspecified atom stereocenters. The van der Waals surface area contributed by atoms with E-state index in [1.54, 1.807) is 42.5 Å². The Balaban J connectivity index is 2.47. The lowest BCUT2D eigenvalue weighted by atomic mass is 9.94. The fourth-order valence-electron chi connectivity index (χ4n) is 2.45. The van der Waals surface area contributed by atoms with Gasteiger partial charge in [0.2, 0.25) is 15.9 Å². The van der Waals surface area contributed by atoms with Gasteiger partial charge >= 0.3 is 0 Å². The van der Waals surface area contributed by atoms with E-state index >= 15 is 0 Å². The predicted molar refractivity (Wildman–Crippen MR) is 85.5 cm³/mol. The van der Waals surface area contributed by atoms with Crippen LogP contribution in [0.2, 0.25) is 0 Å². The van der Waals surface area contributed by atoms with Crippen LogP contribution < -0.4 is 10.9 Å². The van der Waals surface area contributed by atoms with Gasteiger partial charge in [0.1, 0.15) is 0 Å². The number of hydrogen-bond acceptors (Lipinski definition) is 3. The first-order valence-corrected chi connectivity index (χ1v) is 8.40. The zero-order chi connectivity index (χ0) is 16.3. The highest BCUT2D eigenvalue weighted by Gasteiger charge is 2.17. The Kier molecular flexibility index (Phi) is 4.63. The van der Waals surface area contributed by atoms with E-state index < -0.39 is 10.0 Å². The van der Waals surface area contributed by atoms with E-state index in [2.05, 4.69) is 0 Å². The molecule has 2 aromatic carbocycles. The average molecular weight is 318 g/mol. The van der Waals surface area contributed by atoms with Gasteiger partial charge in [-0.15, -0.1) is 0 Å². The second kappa shape index (κ2) is 6.29. The molecule has 22 heavy (non-hydrogen) atoms. The molecular weight excluding hydrogens is 300 g/mol. The van der Waals surface area contributed by atoms with Gasteiger partial charge in [0.25, 0.3) is 0 Å². The average Bonchev–Trinajstić information content (AvgIpc) is 2.47. The smallest absolute Gasteiger partial charge is 0.238 e. The van der Waals surface area contributed by atoms with Crippen molar-refractivity contribution < 1.29 is 13.2 Å². The predicted octanol–water partition coefficient (Wildman–Crippen LogP) is 1.98. The Morgan fingerprint density at radius 2 is 1.68 bits per heavy atom. The lowest BCUT2D eigenvalue weighted by Crippen LogP contribution is -2.20. The largest absolute Gasteiger partial charge is 0.369 e. The monoisotopic (exact) mass is 318 g/mol. The Morgan fingerprint density at radius 1 is 1.09 bits per heavy atom. The first-order valence-electron chi connectivity index (χ1n) is 6.86. The summed E-state index contributed by atoms with van der Waals surface area (Å²) in [6.45, 7) is 1.89. The van der Waals surface area contributed by atoms with Gasteiger partial charge in [-0.1, -0.05) is 49.4 Å². The van der Waals surface area contributed by atoms with Crippen molar-refractivity contribution in [3.8, 4) is 11.1 Å². The minimum Gasteiger partial charge on any atom is -0.369 e. The molecule has 0 spiro atoms. The van der Waals surface area contributed by atoms with Crippen molar-refractivity contribution in [2.24, 2.45) is 10.9 Å². The summed E-state index contributed by atoms with van der Waals surface area (Å²) in [6, 6.07) is 13.6. The summed E-state index contributed by atoms with van der Waals surface area (Å²) in [4.78, 5) is 11.5. The molecule has 0 aliphatic heterocycles.